The highest BCUT2D eigenvalue weighted by Crippen LogP contribution is 2.28. The van der Waals surface area contributed by atoms with Crippen LogP contribution in [-0.4, -0.2) is 31.8 Å². The molecule has 0 saturated carbocycles. The SMILES string of the molecule is O=C([O-])C1CCN(S(=O)(=O)c2ccc3c(c2)CCCC3)CC1. The summed E-state index contributed by atoms with van der Waals surface area (Å²) >= 11 is 0. The molecule has 1 heterocycles. The number of aryl methyl sites for hydroxylation is 2. The summed E-state index contributed by atoms with van der Waals surface area (Å²) in [7, 11) is -3.52. The zero-order valence-corrected chi connectivity index (χ0v) is 13.3. The molecule has 0 N–H and O–H groups in total. The quantitative estimate of drug-likeness (QED) is 0.821. The van der Waals surface area contributed by atoms with E-state index in [1.807, 2.05) is 6.07 Å². The van der Waals surface area contributed by atoms with Gasteiger partial charge in [0.05, 0.1) is 4.90 Å². The number of hydrogen-bond donors (Lipinski definition) is 0. The molecule has 1 aliphatic carbocycles. The average Bonchev–Trinajstić information content (AvgIpc) is 2.54. The van der Waals surface area contributed by atoms with Gasteiger partial charge in [-0.05, 0) is 61.8 Å². The fraction of sp³-hybridized carbons (Fsp3) is 0.562. The minimum absolute atomic E-state index is 0.248. The van der Waals surface area contributed by atoms with Crippen molar-refractivity contribution in [1.29, 1.82) is 0 Å². The third-order valence-electron chi connectivity index (χ3n) is 4.74. The summed E-state index contributed by atoms with van der Waals surface area (Å²) in [6, 6.07) is 5.41. The third kappa shape index (κ3) is 2.90. The van der Waals surface area contributed by atoms with Gasteiger partial charge in [-0.25, -0.2) is 8.42 Å². The summed E-state index contributed by atoms with van der Waals surface area (Å²) in [6.07, 6.45) is 4.88. The van der Waals surface area contributed by atoms with Crippen LogP contribution in [0.4, 0.5) is 0 Å². The van der Waals surface area contributed by atoms with Gasteiger partial charge in [-0.3, -0.25) is 0 Å². The van der Waals surface area contributed by atoms with Crippen LogP contribution in [-0.2, 0) is 27.7 Å². The predicted octanol–water partition coefficient (Wildman–Crippen LogP) is 0.716. The number of carboxylic acid groups (broad SMARTS) is 1. The van der Waals surface area contributed by atoms with Crippen LogP contribution in [0, 0.1) is 5.92 Å². The molecular weight excluding hydrogens is 302 g/mol. The minimum atomic E-state index is -3.52. The number of carbonyl (C=O) groups excluding carboxylic acids is 1. The van der Waals surface area contributed by atoms with E-state index in [4.69, 9.17) is 0 Å². The molecule has 0 radical (unpaired) electrons. The van der Waals surface area contributed by atoms with Crippen molar-refractivity contribution >= 4 is 16.0 Å². The lowest BCUT2D eigenvalue weighted by atomic mass is 9.92. The highest BCUT2D eigenvalue weighted by molar-refractivity contribution is 7.89. The van der Waals surface area contributed by atoms with E-state index in [0.29, 0.717) is 17.7 Å². The van der Waals surface area contributed by atoms with E-state index in [0.717, 1.165) is 31.2 Å². The summed E-state index contributed by atoms with van der Waals surface area (Å²) in [4.78, 5) is 11.2. The maximum absolute atomic E-state index is 12.7. The molecule has 0 spiro atoms. The van der Waals surface area contributed by atoms with E-state index in [1.165, 1.54) is 9.87 Å². The van der Waals surface area contributed by atoms with Crippen LogP contribution in [0.5, 0.6) is 0 Å². The topological polar surface area (TPSA) is 77.5 Å². The Bertz CT molecular complexity index is 675. The van der Waals surface area contributed by atoms with E-state index >= 15 is 0 Å². The number of sulfonamides is 1. The Balaban J connectivity index is 1.80. The number of benzene rings is 1. The maximum Gasteiger partial charge on any atom is 0.243 e. The Morgan fingerprint density at radius 3 is 2.36 bits per heavy atom. The Labute approximate surface area is 131 Å². The minimum Gasteiger partial charge on any atom is -0.550 e. The number of nitrogens with zero attached hydrogens (tertiary/aromatic N) is 1. The second-order valence-electron chi connectivity index (χ2n) is 6.14. The second kappa shape index (κ2) is 6.01. The number of fused-ring (bicyclic) bond motifs is 1. The van der Waals surface area contributed by atoms with Crippen molar-refractivity contribution in [3.05, 3.63) is 29.3 Å². The van der Waals surface area contributed by atoms with E-state index < -0.39 is 21.9 Å². The highest BCUT2D eigenvalue weighted by atomic mass is 32.2. The number of carbonyl (C=O) groups is 1. The van der Waals surface area contributed by atoms with Crippen molar-refractivity contribution in [3.8, 4) is 0 Å². The van der Waals surface area contributed by atoms with Crippen molar-refractivity contribution in [3.63, 3.8) is 0 Å². The fourth-order valence-electron chi connectivity index (χ4n) is 3.35. The monoisotopic (exact) mass is 322 g/mol. The number of carboxylic acids is 1. The Kier molecular flexibility index (Phi) is 4.23. The molecule has 0 unspecified atom stereocenters. The molecule has 5 nitrogen and oxygen atoms in total. The van der Waals surface area contributed by atoms with Gasteiger partial charge in [0.2, 0.25) is 10.0 Å². The zero-order valence-electron chi connectivity index (χ0n) is 12.5. The first kappa shape index (κ1) is 15.5. The van der Waals surface area contributed by atoms with Gasteiger partial charge < -0.3 is 9.90 Å². The van der Waals surface area contributed by atoms with Crippen LogP contribution >= 0.6 is 0 Å². The van der Waals surface area contributed by atoms with E-state index in [-0.39, 0.29) is 13.1 Å². The largest absolute Gasteiger partial charge is 0.550 e. The first-order chi connectivity index (χ1) is 10.5. The van der Waals surface area contributed by atoms with Crippen molar-refractivity contribution in [2.45, 2.75) is 43.4 Å². The fourth-order valence-corrected chi connectivity index (χ4v) is 4.87. The average molecular weight is 322 g/mol. The van der Waals surface area contributed by atoms with Gasteiger partial charge in [0.1, 0.15) is 0 Å². The van der Waals surface area contributed by atoms with Gasteiger partial charge in [-0.15, -0.1) is 0 Å². The lowest BCUT2D eigenvalue weighted by Gasteiger charge is -2.31. The number of piperidine rings is 1. The third-order valence-corrected chi connectivity index (χ3v) is 6.64. The molecule has 0 atom stereocenters. The molecule has 0 bridgehead atoms. The van der Waals surface area contributed by atoms with Gasteiger partial charge >= 0.3 is 0 Å². The Morgan fingerprint density at radius 2 is 1.73 bits per heavy atom. The van der Waals surface area contributed by atoms with E-state index in [9.17, 15) is 18.3 Å². The molecule has 1 aliphatic heterocycles. The molecular formula is C16H20NO4S-. The van der Waals surface area contributed by atoms with E-state index in [1.54, 1.807) is 12.1 Å². The molecule has 22 heavy (non-hydrogen) atoms. The summed E-state index contributed by atoms with van der Waals surface area (Å²) in [5.41, 5.74) is 2.39. The number of hydrogen-bond acceptors (Lipinski definition) is 4. The van der Waals surface area contributed by atoms with Crippen LogP contribution in [0.25, 0.3) is 0 Å². The summed E-state index contributed by atoms with van der Waals surface area (Å²) < 4.78 is 26.8. The second-order valence-corrected chi connectivity index (χ2v) is 8.07. The first-order valence-corrected chi connectivity index (χ1v) is 9.25. The van der Waals surface area contributed by atoms with Crippen LogP contribution in [0.1, 0.15) is 36.8 Å². The molecule has 120 valence electrons. The first-order valence-electron chi connectivity index (χ1n) is 7.81. The summed E-state index contributed by atoms with van der Waals surface area (Å²) in [6.45, 7) is 0.496. The Morgan fingerprint density at radius 1 is 1.09 bits per heavy atom. The van der Waals surface area contributed by atoms with E-state index in [2.05, 4.69) is 0 Å². The van der Waals surface area contributed by atoms with Crippen molar-refractivity contribution in [2.75, 3.05) is 13.1 Å². The summed E-state index contributed by atoms with van der Waals surface area (Å²) in [5.74, 6) is -1.61. The molecule has 1 fully saturated rings. The zero-order chi connectivity index (χ0) is 15.7. The van der Waals surface area contributed by atoms with Crippen molar-refractivity contribution in [2.24, 2.45) is 5.92 Å². The van der Waals surface area contributed by atoms with Crippen LogP contribution in [0.15, 0.2) is 23.1 Å². The number of aliphatic carboxylic acids is 1. The van der Waals surface area contributed by atoms with Gasteiger partial charge in [0, 0.05) is 25.0 Å². The molecule has 6 heteroatoms. The molecule has 0 amide bonds. The molecule has 1 aromatic rings. The molecule has 1 aromatic carbocycles. The summed E-state index contributed by atoms with van der Waals surface area (Å²) in [5, 5.41) is 10.9. The standard InChI is InChI=1S/C16H21NO4S/c18-16(19)13-7-9-17(10-8-13)22(20,21)15-6-5-12-3-1-2-4-14(12)11-15/h5-6,11,13H,1-4,7-10H2,(H,18,19)/p-1. The molecule has 1 saturated heterocycles. The van der Waals surface area contributed by atoms with Gasteiger partial charge in [0.25, 0.3) is 0 Å². The maximum atomic E-state index is 12.7. The molecule has 3 rings (SSSR count). The predicted molar refractivity (Wildman–Crippen MR) is 79.6 cm³/mol. The lowest BCUT2D eigenvalue weighted by Crippen LogP contribution is -2.43. The lowest BCUT2D eigenvalue weighted by molar-refractivity contribution is -0.312. The van der Waals surface area contributed by atoms with Crippen LogP contribution in [0.3, 0.4) is 0 Å². The smallest absolute Gasteiger partial charge is 0.243 e. The normalized spacial score (nSPS) is 20.5. The van der Waals surface area contributed by atoms with Gasteiger partial charge in [-0.2, -0.15) is 4.31 Å². The van der Waals surface area contributed by atoms with Crippen molar-refractivity contribution < 1.29 is 18.3 Å². The number of rotatable bonds is 3. The van der Waals surface area contributed by atoms with Crippen LogP contribution < -0.4 is 5.11 Å². The van der Waals surface area contributed by atoms with Gasteiger partial charge in [0.15, 0.2) is 0 Å². The molecule has 0 aromatic heterocycles. The Hall–Kier alpha value is -1.40. The molecule has 2 aliphatic rings. The van der Waals surface area contributed by atoms with Crippen LogP contribution in [0.2, 0.25) is 0 Å². The highest BCUT2D eigenvalue weighted by Gasteiger charge is 2.30. The van der Waals surface area contributed by atoms with Gasteiger partial charge in [-0.1, -0.05) is 6.07 Å². The van der Waals surface area contributed by atoms with Crippen molar-refractivity contribution in [1.82, 2.24) is 4.31 Å².